The Kier molecular flexibility index (Phi) is 9.89. The number of fused-ring (bicyclic) bond motifs is 5. The van der Waals surface area contributed by atoms with Crippen molar-refractivity contribution in [2.75, 3.05) is 32.8 Å². The van der Waals surface area contributed by atoms with Crippen LogP contribution in [0.15, 0.2) is 36.4 Å². The Balaban J connectivity index is 1.18. The number of hydrogen-bond donors (Lipinski definition) is 3. The van der Waals surface area contributed by atoms with Crippen molar-refractivity contribution < 1.29 is 29.6 Å². The number of ether oxygens (including phenoxy) is 2. The molecule has 246 valence electrons. The van der Waals surface area contributed by atoms with Gasteiger partial charge in [-0.05, 0) is 142 Å². The predicted octanol–water partition coefficient (Wildman–Crippen LogP) is 8.15. The van der Waals surface area contributed by atoms with Crippen LogP contribution in [0.2, 0.25) is 5.02 Å². The van der Waals surface area contributed by atoms with E-state index in [4.69, 9.17) is 26.2 Å². The first kappa shape index (κ1) is 32.5. The number of unbranched alkanes of at least 4 members (excludes halogenated alkanes) is 2. The quantitative estimate of drug-likeness (QED) is 0.169. The van der Waals surface area contributed by atoms with Crippen molar-refractivity contribution in [1.29, 1.82) is 0 Å². The number of piperidine rings is 1. The molecule has 0 aromatic heterocycles. The van der Waals surface area contributed by atoms with E-state index in [0.29, 0.717) is 36.3 Å². The first-order valence-corrected chi connectivity index (χ1v) is 17.6. The minimum atomic E-state index is -1.30. The molecule has 7 nitrogen and oxygen atoms in total. The number of carboxylic acid groups (broad SMARTS) is 1. The molecule has 6 rings (SSSR count). The number of phenolic OH excluding ortho intramolecular Hbond substituents is 1. The Morgan fingerprint density at radius 2 is 1.80 bits per heavy atom. The molecule has 45 heavy (non-hydrogen) atoms. The van der Waals surface area contributed by atoms with Crippen LogP contribution in [0.5, 0.6) is 11.5 Å². The second kappa shape index (κ2) is 13.7. The number of halogens is 1. The number of nitrogens with zero attached hydrogens (tertiary/aromatic N) is 1. The van der Waals surface area contributed by atoms with Crippen LogP contribution in [0.1, 0.15) is 106 Å². The van der Waals surface area contributed by atoms with Crippen LogP contribution >= 0.6 is 11.6 Å². The lowest BCUT2D eigenvalue weighted by molar-refractivity contribution is -0.119. The standard InChI is InChI=1S/C37H50ClNO6/c1-36-24-30(25-8-10-26(11-9-25)44-22-7-3-6-21-39-19-4-2-5-20-39)33-27-14-15-32(40)34(38)28(27)12-13-29(33)31(36)16-17-37(36,43)18-23-45-35(41)42/h8-11,14-15,29-31,33,40,43H,2-7,12-13,16-24H2,1H3,(H,41,42)/t29-,30+,31-,33+,36-,37+/m0/s1. The molecule has 8 heteroatoms. The van der Waals surface area contributed by atoms with Crippen LogP contribution in [0.25, 0.3) is 0 Å². The third-order valence-electron chi connectivity index (χ3n) is 12.0. The highest BCUT2D eigenvalue weighted by Crippen LogP contribution is 2.68. The lowest BCUT2D eigenvalue weighted by Crippen LogP contribution is -2.53. The minimum absolute atomic E-state index is 0.00504. The van der Waals surface area contributed by atoms with Gasteiger partial charge >= 0.3 is 6.16 Å². The molecule has 2 saturated carbocycles. The minimum Gasteiger partial charge on any atom is -0.506 e. The Bertz CT molecular complexity index is 1330. The largest absolute Gasteiger partial charge is 0.506 e. The summed E-state index contributed by atoms with van der Waals surface area (Å²) in [5, 5.41) is 32.1. The smallest absolute Gasteiger partial charge is 0.505 e. The number of benzene rings is 2. The Labute approximate surface area is 272 Å². The molecule has 0 bridgehead atoms. The molecule has 1 heterocycles. The third kappa shape index (κ3) is 6.55. The van der Waals surface area contributed by atoms with E-state index in [1.165, 1.54) is 62.9 Å². The topological polar surface area (TPSA) is 99.5 Å². The summed E-state index contributed by atoms with van der Waals surface area (Å²) < 4.78 is 11.0. The van der Waals surface area contributed by atoms with Gasteiger partial charge in [0.25, 0.3) is 0 Å². The highest BCUT2D eigenvalue weighted by Gasteiger charge is 2.63. The van der Waals surface area contributed by atoms with E-state index in [2.05, 4.69) is 42.2 Å². The van der Waals surface area contributed by atoms with E-state index in [1.54, 1.807) is 6.07 Å². The molecule has 0 spiro atoms. The van der Waals surface area contributed by atoms with Crippen LogP contribution in [0.4, 0.5) is 4.79 Å². The van der Waals surface area contributed by atoms with Gasteiger partial charge in [-0.15, -0.1) is 0 Å². The molecule has 0 amide bonds. The zero-order valence-corrected chi connectivity index (χ0v) is 27.4. The molecule has 2 aromatic rings. The van der Waals surface area contributed by atoms with E-state index in [9.17, 15) is 15.0 Å². The van der Waals surface area contributed by atoms with Gasteiger partial charge in [0.1, 0.15) is 11.5 Å². The van der Waals surface area contributed by atoms with Gasteiger partial charge in [-0.2, -0.15) is 0 Å². The van der Waals surface area contributed by atoms with Crippen molar-refractivity contribution in [3.63, 3.8) is 0 Å². The van der Waals surface area contributed by atoms with Crippen LogP contribution < -0.4 is 4.74 Å². The Hall–Kier alpha value is -2.48. The molecule has 1 saturated heterocycles. The average Bonchev–Trinajstić information content (AvgIpc) is 3.30. The number of aromatic hydroxyl groups is 1. The van der Waals surface area contributed by atoms with Crippen molar-refractivity contribution >= 4 is 17.8 Å². The number of aliphatic hydroxyl groups is 1. The molecule has 0 unspecified atom stereocenters. The predicted molar refractivity (Wildman–Crippen MR) is 175 cm³/mol. The van der Waals surface area contributed by atoms with Crippen LogP contribution in [0.3, 0.4) is 0 Å². The number of rotatable bonds is 11. The van der Waals surface area contributed by atoms with Crippen molar-refractivity contribution in [2.45, 2.75) is 101 Å². The maximum atomic E-state index is 12.1. The van der Waals surface area contributed by atoms with E-state index in [1.807, 2.05) is 0 Å². The van der Waals surface area contributed by atoms with Gasteiger partial charge in [0.05, 0.1) is 23.8 Å². The monoisotopic (exact) mass is 639 g/mol. The number of likely N-dealkylation sites (tertiary alicyclic amines) is 1. The van der Waals surface area contributed by atoms with Gasteiger partial charge in [0.15, 0.2) is 0 Å². The number of carbonyl (C=O) groups is 1. The van der Waals surface area contributed by atoms with Crippen molar-refractivity contribution in [3.05, 3.63) is 58.1 Å². The summed E-state index contributed by atoms with van der Waals surface area (Å²) in [5.41, 5.74) is 2.10. The fourth-order valence-electron chi connectivity index (χ4n) is 9.67. The van der Waals surface area contributed by atoms with E-state index < -0.39 is 11.8 Å². The fourth-order valence-corrected chi connectivity index (χ4v) is 9.94. The maximum absolute atomic E-state index is 12.1. The molecule has 1 aliphatic heterocycles. The maximum Gasteiger partial charge on any atom is 0.505 e. The Morgan fingerprint density at radius 1 is 1.02 bits per heavy atom. The second-order valence-corrected chi connectivity index (χ2v) is 14.7. The second-order valence-electron chi connectivity index (χ2n) is 14.3. The van der Waals surface area contributed by atoms with E-state index >= 15 is 0 Å². The normalized spacial score (nSPS) is 31.1. The van der Waals surface area contributed by atoms with Crippen molar-refractivity contribution in [3.8, 4) is 11.5 Å². The summed E-state index contributed by atoms with van der Waals surface area (Å²) in [4.78, 5) is 13.7. The van der Waals surface area contributed by atoms with Gasteiger partial charge in [-0.3, -0.25) is 0 Å². The summed E-state index contributed by atoms with van der Waals surface area (Å²) in [6.07, 6.45) is 10.6. The summed E-state index contributed by atoms with van der Waals surface area (Å²) in [6.45, 7) is 6.64. The average molecular weight is 640 g/mol. The lowest BCUT2D eigenvalue weighted by atomic mass is 9.49. The summed E-state index contributed by atoms with van der Waals surface area (Å²) in [5.74, 6) is 2.00. The van der Waals surface area contributed by atoms with Crippen molar-refractivity contribution in [2.24, 2.45) is 17.3 Å². The van der Waals surface area contributed by atoms with Crippen LogP contribution in [0, 0.1) is 17.3 Å². The molecule has 6 atom stereocenters. The van der Waals surface area contributed by atoms with Gasteiger partial charge in [-0.25, -0.2) is 4.79 Å². The zero-order chi connectivity index (χ0) is 31.6. The van der Waals surface area contributed by atoms with Gasteiger partial charge in [0.2, 0.25) is 0 Å². The molecular formula is C37H50ClNO6. The molecule has 0 radical (unpaired) electrons. The van der Waals surface area contributed by atoms with E-state index in [0.717, 1.165) is 43.4 Å². The van der Waals surface area contributed by atoms with Crippen molar-refractivity contribution in [1.82, 2.24) is 4.90 Å². The molecular weight excluding hydrogens is 590 g/mol. The molecule has 3 aliphatic carbocycles. The van der Waals surface area contributed by atoms with Gasteiger partial charge in [0, 0.05) is 11.8 Å². The van der Waals surface area contributed by atoms with Gasteiger partial charge < -0.3 is 29.7 Å². The number of hydrogen-bond acceptors (Lipinski definition) is 6. The molecule has 3 N–H and O–H groups in total. The van der Waals surface area contributed by atoms with Crippen LogP contribution in [-0.4, -0.2) is 64.8 Å². The zero-order valence-electron chi connectivity index (χ0n) is 26.7. The first-order chi connectivity index (χ1) is 21.7. The SMILES string of the molecule is C[C@]12C[C@H](c3ccc(OCCCCCN4CCCCC4)cc3)[C@@H]3c4ccc(O)c(Cl)c4CC[C@H]3[C@@H]1CC[C@@]2(O)CCOC(=O)O. The third-order valence-corrected chi connectivity index (χ3v) is 12.5. The summed E-state index contributed by atoms with van der Waals surface area (Å²) in [7, 11) is 0. The highest BCUT2D eigenvalue weighted by molar-refractivity contribution is 6.32. The Morgan fingerprint density at radius 3 is 2.56 bits per heavy atom. The summed E-state index contributed by atoms with van der Waals surface area (Å²) >= 11 is 6.67. The summed E-state index contributed by atoms with van der Waals surface area (Å²) in [6, 6.07) is 12.3. The molecule has 4 aliphatic rings. The fraction of sp³-hybridized carbons (Fsp3) is 0.649. The first-order valence-electron chi connectivity index (χ1n) is 17.2. The van der Waals surface area contributed by atoms with Gasteiger partial charge in [-0.1, -0.05) is 43.1 Å². The van der Waals surface area contributed by atoms with Crippen LogP contribution in [-0.2, 0) is 11.2 Å². The number of phenols is 1. The molecule has 3 fully saturated rings. The molecule has 2 aromatic carbocycles. The van der Waals surface area contributed by atoms with E-state index in [-0.39, 0.29) is 29.6 Å². The lowest BCUT2D eigenvalue weighted by Gasteiger charge is -2.56. The highest BCUT2D eigenvalue weighted by atomic mass is 35.5.